The monoisotopic (exact) mass is 326 g/mol. The zero-order valence-electron chi connectivity index (χ0n) is 15.3. The second-order valence-corrected chi connectivity index (χ2v) is 6.33. The number of hydrogen-bond donors (Lipinski definition) is 1. The summed E-state index contributed by atoms with van der Waals surface area (Å²) in [6, 6.07) is 6.16. The number of unbranched alkanes of at least 4 members (excludes halogenated alkanes) is 5. The molecule has 1 aromatic carbocycles. The summed E-state index contributed by atoms with van der Waals surface area (Å²) >= 11 is 0. The van der Waals surface area contributed by atoms with Crippen molar-refractivity contribution >= 4 is 0 Å². The van der Waals surface area contributed by atoms with Gasteiger partial charge in [-0.05, 0) is 62.1 Å². The summed E-state index contributed by atoms with van der Waals surface area (Å²) in [4.78, 5) is 0. The van der Waals surface area contributed by atoms with Crippen LogP contribution in [0.3, 0.4) is 0 Å². The predicted octanol–water partition coefficient (Wildman–Crippen LogP) is 6.92. The molecule has 0 spiro atoms. The summed E-state index contributed by atoms with van der Waals surface area (Å²) in [5.74, 6) is 0.459. The average molecular weight is 327 g/mol. The fourth-order valence-electron chi connectivity index (χ4n) is 2.77. The van der Waals surface area contributed by atoms with Crippen molar-refractivity contribution in [3.63, 3.8) is 0 Å². The molecule has 0 saturated carbocycles. The summed E-state index contributed by atoms with van der Waals surface area (Å²) in [5, 5.41) is 9.88. The maximum Gasteiger partial charge on any atom is 0.119 e. The molecule has 132 valence electrons. The third kappa shape index (κ3) is 9.39. The normalized spacial score (nSPS) is 11.5. The minimum Gasteiger partial charge on any atom is -0.508 e. The lowest BCUT2D eigenvalue weighted by Crippen LogP contribution is -1.89. The van der Waals surface area contributed by atoms with Gasteiger partial charge in [0, 0.05) is 0 Å². The van der Waals surface area contributed by atoms with Crippen molar-refractivity contribution in [1.82, 2.24) is 0 Å². The van der Waals surface area contributed by atoms with Crippen LogP contribution in [0.5, 0.6) is 5.75 Å². The Morgan fingerprint density at radius 2 is 1.62 bits per heavy atom. The van der Waals surface area contributed by atoms with Crippen molar-refractivity contribution in [2.75, 3.05) is 0 Å². The molecule has 0 radical (unpaired) electrons. The van der Waals surface area contributed by atoms with E-state index in [2.05, 4.69) is 49.9 Å². The van der Waals surface area contributed by atoms with Gasteiger partial charge in [0.05, 0.1) is 0 Å². The molecule has 0 aromatic heterocycles. The molecular weight excluding hydrogens is 292 g/mol. The summed E-state index contributed by atoms with van der Waals surface area (Å²) in [6.45, 7) is 5.77. The van der Waals surface area contributed by atoms with Gasteiger partial charge < -0.3 is 5.11 Å². The van der Waals surface area contributed by atoms with Gasteiger partial charge in [-0.3, -0.25) is 0 Å². The van der Waals surface area contributed by atoms with Crippen LogP contribution >= 0.6 is 0 Å². The number of benzene rings is 1. The van der Waals surface area contributed by atoms with E-state index in [9.17, 15) is 5.11 Å². The molecule has 0 amide bonds. The van der Waals surface area contributed by atoms with Gasteiger partial charge in [0.2, 0.25) is 0 Å². The first-order valence-corrected chi connectivity index (χ1v) is 9.49. The Morgan fingerprint density at radius 1 is 0.917 bits per heavy atom. The first kappa shape index (κ1) is 20.3. The quantitative estimate of drug-likeness (QED) is 0.308. The van der Waals surface area contributed by atoms with Gasteiger partial charge in [-0.2, -0.15) is 0 Å². The van der Waals surface area contributed by atoms with Crippen LogP contribution in [0, 0.1) is 0 Å². The molecule has 1 nitrogen and oxygen atoms in total. The zero-order chi connectivity index (χ0) is 17.5. The highest BCUT2D eigenvalue weighted by Crippen LogP contribution is 2.20. The largest absolute Gasteiger partial charge is 0.508 e. The van der Waals surface area contributed by atoms with E-state index in [1.165, 1.54) is 44.1 Å². The molecule has 0 aliphatic carbocycles. The van der Waals surface area contributed by atoms with E-state index in [4.69, 9.17) is 0 Å². The van der Waals surface area contributed by atoms with Gasteiger partial charge in [-0.1, -0.05) is 68.7 Å². The molecule has 1 heteroatoms. The summed E-state index contributed by atoms with van der Waals surface area (Å²) in [5.41, 5.74) is 2.31. The molecule has 1 aromatic rings. The first-order chi connectivity index (χ1) is 11.8. The minimum atomic E-state index is 0.459. The van der Waals surface area contributed by atoms with Crippen LogP contribution in [0.4, 0.5) is 0 Å². The van der Waals surface area contributed by atoms with E-state index >= 15 is 0 Å². The highest BCUT2D eigenvalue weighted by atomic mass is 16.3. The number of phenolic OH excluding ortho intramolecular Hbond substituents is 1. The van der Waals surface area contributed by atoms with Crippen molar-refractivity contribution in [3.05, 3.63) is 66.3 Å². The summed E-state index contributed by atoms with van der Waals surface area (Å²) < 4.78 is 0. The van der Waals surface area contributed by atoms with Crippen LogP contribution in [0.25, 0.3) is 0 Å². The first-order valence-electron chi connectivity index (χ1n) is 9.49. The maximum absolute atomic E-state index is 9.88. The van der Waals surface area contributed by atoms with Gasteiger partial charge in [0.1, 0.15) is 5.75 Å². The second kappa shape index (κ2) is 13.7. The van der Waals surface area contributed by atoms with Crippen LogP contribution in [0.2, 0.25) is 0 Å². The van der Waals surface area contributed by atoms with E-state index in [1.807, 2.05) is 12.1 Å². The van der Waals surface area contributed by atoms with Crippen LogP contribution in [-0.4, -0.2) is 5.11 Å². The van der Waals surface area contributed by atoms with E-state index in [0.29, 0.717) is 5.75 Å². The number of phenols is 1. The average Bonchev–Trinajstić information content (AvgIpc) is 2.59. The Balaban J connectivity index is 2.00. The maximum atomic E-state index is 9.88. The molecule has 0 fully saturated rings. The predicted molar refractivity (Wildman–Crippen MR) is 107 cm³/mol. The lowest BCUT2D eigenvalue weighted by Gasteiger charge is -2.06. The van der Waals surface area contributed by atoms with E-state index in [1.54, 1.807) is 0 Å². The summed E-state index contributed by atoms with van der Waals surface area (Å²) in [6.07, 6.45) is 22.4. The molecule has 0 saturated heterocycles. The van der Waals surface area contributed by atoms with Crippen LogP contribution in [-0.2, 0) is 12.8 Å². The van der Waals surface area contributed by atoms with Gasteiger partial charge in [0.15, 0.2) is 0 Å². The zero-order valence-corrected chi connectivity index (χ0v) is 15.3. The number of aryl methyl sites for hydroxylation is 2. The standard InChI is InChI=1S/C23H34O/c1-3-5-6-7-8-9-10-11-12-13-14-15-16-17-21-18-19-22(4-2)23(24)20-21/h3,6-7,9-10,18-20,24H,1,4-5,8,11-17H2,2H3/b7-6-,10-9-. The van der Waals surface area contributed by atoms with Crippen LogP contribution in [0.1, 0.15) is 69.4 Å². The molecule has 0 heterocycles. The van der Waals surface area contributed by atoms with Crippen molar-refractivity contribution in [3.8, 4) is 5.75 Å². The molecule has 1 N–H and O–H groups in total. The third-order valence-electron chi connectivity index (χ3n) is 4.28. The van der Waals surface area contributed by atoms with E-state index in [-0.39, 0.29) is 0 Å². The molecule has 24 heavy (non-hydrogen) atoms. The third-order valence-corrected chi connectivity index (χ3v) is 4.28. The fraction of sp³-hybridized carbons (Fsp3) is 0.478. The minimum absolute atomic E-state index is 0.459. The Morgan fingerprint density at radius 3 is 2.38 bits per heavy atom. The Hall–Kier alpha value is -1.76. The van der Waals surface area contributed by atoms with Crippen LogP contribution < -0.4 is 0 Å². The fourth-order valence-corrected chi connectivity index (χ4v) is 2.77. The van der Waals surface area contributed by atoms with Crippen LogP contribution in [0.15, 0.2) is 55.2 Å². The second-order valence-electron chi connectivity index (χ2n) is 6.33. The highest BCUT2D eigenvalue weighted by Gasteiger charge is 2.00. The van der Waals surface area contributed by atoms with Crippen molar-refractivity contribution in [2.24, 2.45) is 0 Å². The molecule has 0 bridgehead atoms. The molecule has 0 atom stereocenters. The molecule has 0 aliphatic heterocycles. The van der Waals surface area contributed by atoms with Gasteiger partial charge in [0.25, 0.3) is 0 Å². The molecule has 0 aliphatic rings. The van der Waals surface area contributed by atoms with Crippen molar-refractivity contribution in [1.29, 1.82) is 0 Å². The summed E-state index contributed by atoms with van der Waals surface area (Å²) in [7, 11) is 0. The van der Waals surface area contributed by atoms with Gasteiger partial charge in [-0.15, -0.1) is 6.58 Å². The molecule has 1 rings (SSSR count). The number of aromatic hydroxyl groups is 1. The van der Waals surface area contributed by atoms with Crippen molar-refractivity contribution < 1.29 is 5.11 Å². The van der Waals surface area contributed by atoms with Gasteiger partial charge >= 0.3 is 0 Å². The number of allylic oxidation sites excluding steroid dienone is 5. The highest BCUT2D eigenvalue weighted by molar-refractivity contribution is 5.36. The number of rotatable bonds is 13. The lowest BCUT2D eigenvalue weighted by molar-refractivity contribution is 0.468. The van der Waals surface area contributed by atoms with E-state index < -0.39 is 0 Å². The van der Waals surface area contributed by atoms with E-state index in [0.717, 1.165) is 31.2 Å². The SMILES string of the molecule is C=CC/C=C\C/C=C\CCCCCCCc1ccc(CC)c(O)c1. The Labute approximate surface area is 148 Å². The van der Waals surface area contributed by atoms with Crippen molar-refractivity contribution in [2.45, 2.75) is 71.1 Å². The Kier molecular flexibility index (Phi) is 11.5. The van der Waals surface area contributed by atoms with Gasteiger partial charge in [-0.25, -0.2) is 0 Å². The Bertz CT molecular complexity index is 511. The molecular formula is C23H34O. The smallest absolute Gasteiger partial charge is 0.119 e. The molecule has 0 unspecified atom stereocenters. The lowest BCUT2D eigenvalue weighted by atomic mass is 10.0. The number of hydrogen-bond acceptors (Lipinski definition) is 1. The topological polar surface area (TPSA) is 20.2 Å².